The van der Waals surface area contributed by atoms with E-state index in [4.69, 9.17) is 0 Å². The molecule has 0 spiro atoms. The molecule has 1 rings (SSSR count). The third-order valence-electron chi connectivity index (χ3n) is 3.36. The van der Waals surface area contributed by atoms with Crippen LogP contribution in [0.5, 0.6) is 5.75 Å². The lowest BCUT2D eigenvalue weighted by Crippen LogP contribution is -2.24. The molecule has 21 heavy (non-hydrogen) atoms. The number of hydrogen-bond donors (Lipinski definition) is 2. The monoisotopic (exact) mass is 291 g/mol. The van der Waals surface area contributed by atoms with Gasteiger partial charge in [0.05, 0.1) is 0 Å². The van der Waals surface area contributed by atoms with Gasteiger partial charge >= 0.3 is 0 Å². The standard InChI is InChI=1S/C17H25NO3/c1-16(2,3)12-7-11(9-18-14(20)10-19)8-13(15(12)21)17(4,5)6/h7-8,10,21H,9H2,1-6H3,(H,18,20). The number of aromatic hydroxyl groups is 1. The van der Waals surface area contributed by atoms with Crippen molar-refractivity contribution in [2.45, 2.75) is 58.9 Å². The van der Waals surface area contributed by atoms with Crippen molar-refractivity contribution in [2.75, 3.05) is 0 Å². The lowest BCUT2D eigenvalue weighted by molar-refractivity contribution is -0.131. The van der Waals surface area contributed by atoms with E-state index in [2.05, 4.69) is 5.32 Å². The number of phenolic OH excluding ortho intramolecular Hbond substituents is 1. The van der Waals surface area contributed by atoms with Gasteiger partial charge in [0.15, 0.2) is 0 Å². The van der Waals surface area contributed by atoms with Gasteiger partial charge in [-0.25, -0.2) is 0 Å². The Morgan fingerprint density at radius 2 is 1.52 bits per heavy atom. The number of nitrogens with one attached hydrogen (secondary N) is 1. The molecule has 0 atom stereocenters. The molecule has 4 nitrogen and oxygen atoms in total. The minimum absolute atomic E-state index is 0.214. The van der Waals surface area contributed by atoms with Gasteiger partial charge in [0, 0.05) is 6.54 Å². The predicted molar refractivity (Wildman–Crippen MR) is 83.4 cm³/mol. The van der Waals surface area contributed by atoms with Crippen molar-refractivity contribution in [3.63, 3.8) is 0 Å². The average molecular weight is 291 g/mol. The molecule has 0 aliphatic rings. The smallest absolute Gasteiger partial charge is 0.284 e. The van der Waals surface area contributed by atoms with Gasteiger partial charge in [-0.05, 0) is 39.7 Å². The third-order valence-corrected chi connectivity index (χ3v) is 3.36. The first-order chi connectivity index (χ1) is 9.46. The van der Waals surface area contributed by atoms with Crippen LogP contribution in [0.1, 0.15) is 58.2 Å². The summed E-state index contributed by atoms with van der Waals surface area (Å²) in [5.41, 5.74) is 2.12. The second-order valence-corrected chi connectivity index (χ2v) is 7.38. The fourth-order valence-corrected chi connectivity index (χ4v) is 2.17. The van der Waals surface area contributed by atoms with Crippen LogP contribution in [0, 0.1) is 0 Å². The van der Waals surface area contributed by atoms with E-state index in [0.717, 1.165) is 16.7 Å². The van der Waals surface area contributed by atoms with Crippen molar-refractivity contribution >= 4 is 12.2 Å². The molecule has 0 aliphatic heterocycles. The fraction of sp³-hybridized carbons (Fsp3) is 0.529. The zero-order valence-corrected chi connectivity index (χ0v) is 13.7. The first-order valence-corrected chi connectivity index (χ1v) is 7.06. The quantitative estimate of drug-likeness (QED) is 0.665. The third kappa shape index (κ3) is 4.31. The highest BCUT2D eigenvalue weighted by Crippen LogP contribution is 2.39. The Morgan fingerprint density at radius 3 is 1.86 bits per heavy atom. The molecule has 0 fully saturated rings. The van der Waals surface area contributed by atoms with Crippen LogP contribution in [0.2, 0.25) is 0 Å². The van der Waals surface area contributed by atoms with E-state index < -0.39 is 5.91 Å². The zero-order chi connectivity index (χ0) is 16.4. The normalized spacial score (nSPS) is 12.1. The van der Waals surface area contributed by atoms with Gasteiger partial charge < -0.3 is 10.4 Å². The Kier molecular flexibility index (Phi) is 4.82. The van der Waals surface area contributed by atoms with Gasteiger partial charge in [0.1, 0.15) is 5.75 Å². The van der Waals surface area contributed by atoms with Gasteiger partial charge in [-0.1, -0.05) is 41.5 Å². The number of aldehydes is 1. The highest BCUT2D eigenvalue weighted by Gasteiger charge is 2.26. The van der Waals surface area contributed by atoms with Crippen LogP contribution in [0.4, 0.5) is 0 Å². The van der Waals surface area contributed by atoms with E-state index in [-0.39, 0.29) is 23.7 Å². The van der Waals surface area contributed by atoms with E-state index in [1.807, 2.05) is 53.7 Å². The number of amides is 1. The van der Waals surface area contributed by atoms with E-state index in [1.54, 1.807) is 0 Å². The van der Waals surface area contributed by atoms with Crippen molar-refractivity contribution in [1.29, 1.82) is 0 Å². The van der Waals surface area contributed by atoms with Gasteiger partial charge in [-0.15, -0.1) is 0 Å². The van der Waals surface area contributed by atoms with Gasteiger partial charge in [-0.2, -0.15) is 0 Å². The second kappa shape index (κ2) is 5.88. The van der Waals surface area contributed by atoms with Crippen LogP contribution in [0.3, 0.4) is 0 Å². The van der Waals surface area contributed by atoms with Crippen LogP contribution >= 0.6 is 0 Å². The second-order valence-electron chi connectivity index (χ2n) is 7.38. The summed E-state index contributed by atoms with van der Waals surface area (Å²) < 4.78 is 0. The maximum atomic E-state index is 11.1. The van der Waals surface area contributed by atoms with Crippen molar-refractivity contribution in [3.8, 4) is 5.75 Å². The predicted octanol–water partition coefficient (Wildman–Crippen LogP) is 2.80. The molecule has 0 bridgehead atoms. The molecular weight excluding hydrogens is 266 g/mol. The summed E-state index contributed by atoms with van der Waals surface area (Å²) >= 11 is 0. The molecule has 0 aliphatic carbocycles. The minimum atomic E-state index is -0.641. The van der Waals surface area contributed by atoms with Gasteiger partial charge in [0.2, 0.25) is 6.29 Å². The molecule has 2 N–H and O–H groups in total. The molecule has 0 radical (unpaired) electrons. The van der Waals surface area contributed by atoms with Crippen LogP contribution in [0.15, 0.2) is 12.1 Å². The maximum absolute atomic E-state index is 11.1. The maximum Gasteiger partial charge on any atom is 0.284 e. The first-order valence-electron chi connectivity index (χ1n) is 7.06. The lowest BCUT2D eigenvalue weighted by Gasteiger charge is -2.28. The van der Waals surface area contributed by atoms with Crippen molar-refractivity contribution in [1.82, 2.24) is 5.32 Å². The van der Waals surface area contributed by atoms with E-state index in [9.17, 15) is 14.7 Å². The molecule has 0 aromatic heterocycles. The van der Waals surface area contributed by atoms with Crippen molar-refractivity contribution < 1.29 is 14.7 Å². The summed E-state index contributed by atoms with van der Waals surface area (Å²) in [5, 5.41) is 13.1. The van der Waals surface area contributed by atoms with Crippen molar-refractivity contribution in [2.24, 2.45) is 0 Å². The molecule has 116 valence electrons. The average Bonchev–Trinajstić information content (AvgIpc) is 2.34. The van der Waals surface area contributed by atoms with Gasteiger partial charge in [0.25, 0.3) is 5.91 Å². The number of benzene rings is 1. The molecule has 0 heterocycles. The molecular formula is C17H25NO3. The van der Waals surface area contributed by atoms with Crippen LogP contribution in [0.25, 0.3) is 0 Å². The molecule has 1 amide bonds. The first kappa shape index (κ1) is 17.2. The lowest BCUT2D eigenvalue weighted by atomic mass is 9.78. The van der Waals surface area contributed by atoms with E-state index in [1.165, 1.54) is 0 Å². The Bertz CT molecular complexity index is 513. The van der Waals surface area contributed by atoms with E-state index in [0.29, 0.717) is 5.75 Å². The number of carbonyl (C=O) groups is 2. The Labute approximate surface area is 126 Å². The summed E-state index contributed by atoms with van der Waals surface area (Å²) in [7, 11) is 0. The largest absolute Gasteiger partial charge is 0.507 e. The molecule has 0 saturated carbocycles. The fourth-order valence-electron chi connectivity index (χ4n) is 2.17. The van der Waals surface area contributed by atoms with E-state index >= 15 is 0 Å². The summed E-state index contributed by atoms with van der Waals surface area (Å²) in [6, 6.07) is 3.77. The molecule has 1 aromatic rings. The molecule has 4 heteroatoms. The van der Waals surface area contributed by atoms with Crippen LogP contribution in [-0.2, 0) is 27.0 Å². The highest BCUT2D eigenvalue weighted by atomic mass is 16.3. The van der Waals surface area contributed by atoms with Crippen LogP contribution < -0.4 is 5.32 Å². The topological polar surface area (TPSA) is 66.4 Å². The molecule has 0 unspecified atom stereocenters. The van der Waals surface area contributed by atoms with Crippen molar-refractivity contribution in [3.05, 3.63) is 28.8 Å². The number of phenols is 1. The zero-order valence-electron chi connectivity index (χ0n) is 13.7. The number of hydrogen-bond acceptors (Lipinski definition) is 3. The minimum Gasteiger partial charge on any atom is -0.507 e. The Balaban J connectivity index is 3.34. The number of rotatable bonds is 3. The van der Waals surface area contributed by atoms with Gasteiger partial charge in [-0.3, -0.25) is 9.59 Å². The summed E-state index contributed by atoms with van der Waals surface area (Å²) in [4.78, 5) is 21.5. The molecule has 0 saturated heterocycles. The SMILES string of the molecule is CC(C)(C)c1cc(CNC(=O)C=O)cc(C(C)(C)C)c1O. The summed E-state index contributed by atoms with van der Waals surface area (Å²) in [6.45, 7) is 12.4. The summed E-state index contributed by atoms with van der Waals surface area (Å²) in [6.07, 6.45) is 0.260. The summed E-state index contributed by atoms with van der Waals surface area (Å²) in [5.74, 6) is -0.335. The Hall–Kier alpha value is -1.84. The highest BCUT2D eigenvalue weighted by molar-refractivity contribution is 6.23. The Morgan fingerprint density at radius 1 is 1.10 bits per heavy atom. The number of carbonyl (C=O) groups excluding carboxylic acids is 2. The molecule has 1 aromatic carbocycles. The van der Waals surface area contributed by atoms with Crippen LogP contribution in [-0.4, -0.2) is 17.3 Å².